The Morgan fingerprint density at radius 1 is 0.511 bits per heavy atom. The number of aliphatic carboxylic acids is 1. The standard InChI is InChI=1S/C90H128N22O20S/c1-7-9-25-68-81(124)100-59(24-17-34-95-90(93)94)77(120)107-67(76(119)98-46-73(92)115)48-133-49-74(116)99-62(39-51-30-32-54(114)33-31-51)87(130)110-35-16-15-27-69(110)83(126)104-64(42-75(117)118)88(131)112-37-19-29-71(112)84(127)105-65(43-91)79(122)102-61(38-50(3)4)86(129)111-36-18-28-70(111)82(125)101-60(40-52-44-96-57-22-13-11-20-55(52)57)78(121)106-66(47-113)80(123)103-63(41-53-45-97-58-23-14-12-21-56(53)58)85(128)109(6)72(26-10-8-2)89(132)108(68)5/h11-14,20-23,30-33,44-45,50,59-72,96-97,113-114H,7-10,15-19,24-29,34-43,46-49,91H2,1-6H3,(H2,92,115)(H,98,119)(H,99,116)(H,100,124)(H,101,125)(H,102,122)(H,103,123)(H,104,126)(H,105,127)(H,106,121)(H,107,120)(H,117,118)(H4,93,94,95)/t59-,60-,61-,62-,63-,64-,65-,66-,67-,68-,69-,70-,71?,72-/m0/s1. The van der Waals surface area contributed by atoms with Crippen LogP contribution in [-0.2, 0) is 101 Å². The van der Waals surface area contributed by atoms with Crippen LogP contribution >= 0.6 is 11.8 Å². The number of carboxylic acids is 1. The van der Waals surface area contributed by atoms with Gasteiger partial charge in [-0.15, -0.1) is 11.8 Å². The summed E-state index contributed by atoms with van der Waals surface area (Å²) in [6, 6.07) is -1.36. The fraction of sp³-hybridized carbons (Fsp3) is 0.556. The largest absolute Gasteiger partial charge is 0.508 e. The van der Waals surface area contributed by atoms with Crippen LogP contribution in [0.4, 0.5) is 0 Å². The van der Waals surface area contributed by atoms with Gasteiger partial charge in [0.1, 0.15) is 90.3 Å². The third-order valence-corrected chi connectivity index (χ3v) is 25.3. The van der Waals surface area contributed by atoms with Gasteiger partial charge in [-0.1, -0.05) is 102 Å². The second-order valence-electron chi connectivity index (χ2n) is 34.6. The van der Waals surface area contributed by atoms with Gasteiger partial charge in [0.05, 0.1) is 25.3 Å². The number of carbonyl (C=O) groups is 17. The van der Waals surface area contributed by atoms with Crippen molar-refractivity contribution in [1.29, 1.82) is 5.41 Å². The number of para-hydroxylation sites is 2. The number of amides is 16. The zero-order valence-corrected chi connectivity index (χ0v) is 76.7. The van der Waals surface area contributed by atoms with E-state index in [-0.39, 0.29) is 121 Å². The van der Waals surface area contributed by atoms with E-state index in [4.69, 9.17) is 22.6 Å². The average molecular weight is 1870 g/mol. The number of benzene rings is 3. The number of carboxylic acid groups (broad SMARTS) is 1. The molecule has 9 rings (SSSR count). The topological polar surface area (TPSA) is 633 Å². The molecule has 16 amide bonds. The highest BCUT2D eigenvalue weighted by Gasteiger charge is 2.46. The Balaban J connectivity index is 1.09. The molecule has 724 valence electrons. The van der Waals surface area contributed by atoms with E-state index in [1.54, 1.807) is 74.8 Å². The average Bonchev–Trinajstić information content (AvgIpc) is 1.78. The fourth-order valence-corrected chi connectivity index (χ4v) is 18.1. The minimum Gasteiger partial charge on any atom is -0.508 e. The summed E-state index contributed by atoms with van der Waals surface area (Å²) >= 11 is 0.776. The van der Waals surface area contributed by atoms with E-state index in [0.29, 0.717) is 77.0 Å². The van der Waals surface area contributed by atoms with Crippen LogP contribution in [0, 0.1) is 11.3 Å². The number of primary amides is 1. The van der Waals surface area contributed by atoms with Crippen LogP contribution in [0.15, 0.2) is 85.2 Å². The number of aliphatic hydroxyl groups excluding tert-OH is 1. The number of aromatic hydroxyl groups is 1. The van der Waals surface area contributed by atoms with E-state index in [9.17, 15) is 58.5 Å². The van der Waals surface area contributed by atoms with Gasteiger partial charge in [-0.05, 0) is 124 Å². The molecule has 0 bridgehead atoms. The van der Waals surface area contributed by atoms with Crippen molar-refractivity contribution < 1.29 is 96.8 Å². The SMILES string of the molecule is CCCC[C@H]1C(=O)N(C)[C@@H](CCCC)C(=O)N[C@@H](CCCNC(=N)N)C(=O)N[C@H](C(=O)NCC(N)=O)CSCC(=O)N[C@@H](Cc2ccc(O)cc2)C(=O)N2CCCC[C@H]2C(=O)N[C@@H](CC(=O)O)C(=O)N2CCCC2C(=O)N[C@@H](CN)C(=O)N[C@@H](CC(C)C)C(=O)N2CCC[C@H]2C(=O)N[C@@H](Cc2c[nH]c3ccccc23)C(=O)N[C@@H](CO)C(=O)N[C@@H](Cc2c[nH]c3ccccc23)C(=O)N1C. The van der Waals surface area contributed by atoms with Gasteiger partial charge in [-0.3, -0.25) is 86.9 Å². The molecule has 6 heterocycles. The minimum atomic E-state index is -1.85. The lowest BCUT2D eigenvalue weighted by Crippen LogP contribution is -2.62. The van der Waals surface area contributed by atoms with Gasteiger partial charge < -0.3 is 125 Å². The number of hydrogen-bond acceptors (Lipinski definition) is 22. The molecule has 1 unspecified atom stereocenters. The number of piperidine rings is 1. The fourth-order valence-electron chi connectivity index (χ4n) is 17.2. The number of aromatic nitrogens is 2. The normalized spacial score (nSPS) is 24.9. The highest BCUT2D eigenvalue weighted by molar-refractivity contribution is 8.00. The van der Waals surface area contributed by atoms with Crippen LogP contribution in [0.3, 0.4) is 0 Å². The van der Waals surface area contributed by atoms with E-state index in [2.05, 4.69) is 68.5 Å². The molecular formula is C90H128N22O20S. The van der Waals surface area contributed by atoms with Crippen LogP contribution in [0.25, 0.3) is 21.8 Å². The molecule has 5 aromatic rings. The molecule has 4 aliphatic heterocycles. The van der Waals surface area contributed by atoms with Crippen LogP contribution in [0.2, 0.25) is 0 Å². The molecule has 0 saturated carbocycles. The number of aromatic amines is 2. The van der Waals surface area contributed by atoms with E-state index in [1.165, 1.54) is 48.2 Å². The predicted molar refractivity (Wildman–Crippen MR) is 491 cm³/mol. The molecule has 4 saturated heterocycles. The first kappa shape index (κ1) is 104. The number of nitrogens with two attached hydrogens (primary N) is 3. The molecule has 133 heavy (non-hydrogen) atoms. The van der Waals surface area contributed by atoms with Gasteiger partial charge >= 0.3 is 5.97 Å². The van der Waals surface area contributed by atoms with Crippen molar-refractivity contribution in [1.82, 2.24) is 93.0 Å². The number of fused-ring (bicyclic) bond motifs is 5. The van der Waals surface area contributed by atoms with Crippen molar-refractivity contribution >= 4 is 140 Å². The van der Waals surface area contributed by atoms with Gasteiger partial charge in [-0.25, -0.2) is 0 Å². The van der Waals surface area contributed by atoms with Crippen LogP contribution in [0.5, 0.6) is 5.75 Å². The Kier molecular flexibility index (Phi) is 39.1. The third-order valence-electron chi connectivity index (χ3n) is 24.3. The molecule has 3 aromatic carbocycles. The highest BCUT2D eigenvalue weighted by atomic mass is 32.2. The molecular weight excluding hydrogens is 1740 g/mol. The van der Waals surface area contributed by atoms with Crippen molar-refractivity contribution in [2.45, 2.75) is 241 Å². The Labute approximate surface area is 774 Å². The van der Waals surface area contributed by atoms with Crippen LogP contribution in [0.1, 0.15) is 154 Å². The van der Waals surface area contributed by atoms with E-state index >= 15 is 38.4 Å². The summed E-state index contributed by atoms with van der Waals surface area (Å²) in [6.07, 6.45) is 4.17. The Bertz CT molecular complexity index is 4990. The highest BCUT2D eigenvalue weighted by Crippen LogP contribution is 2.29. The van der Waals surface area contributed by atoms with Gasteiger partial charge in [0.15, 0.2) is 5.96 Å². The number of thioether (sulfide) groups is 1. The van der Waals surface area contributed by atoms with E-state index < -0.39 is 229 Å². The number of likely N-dealkylation sites (N-methyl/N-ethyl adjacent to an activating group) is 2. The number of H-pyrrole nitrogens is 2. The second-order valence-corrected chi connectivity index (χ2v) is 35.6. The van der Waals surface area contributed by atoms with Crippen molar-refractivity contribution in [2.24, 2.45) is 23.1 Å². The van der Waals surface area contributed by atoms with Gasteiger partial charge in [0, 0.05) is 106 Å². The Hall–Kier alpha value is -12.9. The number of hydrogen-bond donors (Lipinski definition) is 20. The van der Waals surface area contributed by atoms with Gasteiger partial charge in [0.25, 0.3) is 0 Å². The van der Waals surface area contributed by atoms with E-state index in [1.807, 2.05) is 13.8 Å². The number of unbranched alkanes of at least 4 members (excludes halogenated alkanes) is 2. The molecule has 4 fully saturated rings. The summed E-state index contributed by atoms with van der Waals surface area (Å²) in [5.74, 6) is -17.8. The van der Waals surface area contributed by atoms with Gasteiger partial charge in [0.2, 0.25) is 94.5 Å². The van der Waals surface area contributed by atoms with Crippen LogP contribution < -0.4 is 75.7 Å². The Morgan fingerprint density at radius 3 is 1.54 bits per heavy atom. The van der Waals surface area contributed by atoms with Gasteiger partial charge in [-0.2, -0.15) is 0 Å². The minimum absolute atomic E-state index is 0.00268. The smallest absolute Gasteiger partial charge is 0.305 e. The first-order valence-electron chi connectivity index (χ1n) is 45.3. The maximum atomic E-state index is 15.7. The summed E-state index contributed by atoms with van der Waals surface area (Å²) in [5.41, 5.74) is 20.1. The lowest BCUT2D eigenvalue weighted by atomic mass is 9.97. The summed E-state index contributed by atoms with van der Waals surface area (Å²) in [7, 11) is 2.71. The maximum Gasteiger partial charge on any atom is 0.305 e. The first-order valence-corrected chi connectivity index (χ1v) is 46.5. The molecule has 14 atom stereocenters. The number of aliphatic hydroxyl groups is 1. The summed E-state index contributed by atoms with van der Waals surface area (Å²) in [4.78, 5) is 262. The summed E-state index contributed by atoms with van der Waals surface area (Å²) in [5, 5.41) is 70.1. The third kappa shape index (κ3) is 28.8. The van der Waals surface area contributed by atoms with Crippen LogP contribution in [-0.4, -0.2) is 312 Å². The lowest BCUT2D eigenvalue weighted by Gasteiger charge is -2.38. The maximum absolute atomic E-state index is 15.7. The molecule has 4 aliphatic rings. The first-order chi connectivity index (χ1) is 63.5. The van der Waals surface area contributed by atoms with Crippen molar-refractivity contribution in [3.63, 3.8) is 0 Å². The molecule has 43 heteroatoms. The molecule has 0 aliphatic carbocycles. The molecule has 42 nitrogen and oxygen atoms in total. The molecule has 23 N–H and O–H groups in total. The molecule has 0 spiro atoms. The number of rotatable bonds is 25. The second kappa shape index (κ2) is 50.1. The van der Waals surface area contributed by atoms with Crippen molar-refractivity contribution in [3.05, 3.63) is 102 Å². The molecule has 0 radical (unpaired) electrons. The monoisotopic (exact) mass is 1870 g/mol. The number of nitrogens with one attached hydrogen (secondary N) is 14. The molecule has 2 aromatic heterocycles. The zero-order valence-electron chi connectivity index (χ0n) is 75.9. The number of phenols is 1. The van der Waals surface area contributed by atoms with Crippen molar-refractivity contribution in [3.8, 4) is 5.75 Å². The summed E-state index contributed by atoms with van der Waals surface area (Å²) in [6.45, 7) is 4.66. The van der Waals surface area contributed by atoms with E-state index in [0.717, 1.165) is 26.5 Å². The zero-order chi connectivity index (χ0) is 96.9. The number of carbonyl (C=O) groups excluding carboxylic acids is 16. The number of nitrogens with zero attached hydrogens (tertiary/aromatic N) is 5. The number of phenolic OH excluding ortho intramolecular Hbond substituents is 1. The Morgan fingerprint density at radius 2 is 0.985 bits per heavy atom. The predicted octanol–water partition coefficient (Wildman–Crippen LogP) is -1.77. The van der Waals surface area contributed by atoms with Crippen molar-refractivity contribution in [2.75, 3.05) is 71.5 Å². The summed E-state index contributed by atoms with van der Waals surface area (Å²) < 4.78 is 0. The number of guanidine groups is 1. The quantitative estimate of drug-likeness (QED) is 0.0175. The lowest BCUT2D eigenvalue weighted by molar-refractivity contribution is -0.149.